The lowest BCUT2D eigenvalue weighted by Gasteiger charge is -2.20. The fourth-order valence-corrected chi connectivity index (χ4v) is 1.03. The summed E-state index contributed by atoms with van der Waals surface area (Å²) in [6.45, 7) is 6.19. The smallest absolute Gasteiger partial charge is 0.328 e. The van der Waals surface area contributed by atoms with Crippen molar-refractivity contribution in [3.8, 4) is 0 Å². The number of carbonyl (C=O) groups excluding carboxylic acids is 1. The van der Waals surface area contributed by atoms with Gasteiger partial charge in [-0.2, -0.15) is 0 Å². The van der Waals surface area contributed by atoms with Gasteiger partial charge in [0, 0.05) is 18.8 Å². The molecule has 6 heteroatoms. The number of ether oxygens (including phenoxy) is 2. The number of aliphatic carboxylic acids is 1. The quantitative estimate of drug-likeness (QED) is 0.481. The van der Waals surface area contributed by atoms with E-state index < -0.39 is 18.2 Å². The largest absolute Gasteiger partial charge is 0.478 e. The van der Waals surface area contributed by atoms with E-state index in [1.54, 1.807) is 0 Å². The number of hydrogen-bond donors (Lipinski definition) is 2. The van der Waals surface area contributed by atoms with Gasteiger partial charge in [0.15, 0.2) is 6.29 Å². The highest BCUT2D eigenvalue weighted by Crippen LogP contribution is 1.99. The van der Waals surface area contributed by atoms with Gasteiger partial charge in [0.25, 0.3) is 0 Å². The molecule has 0 spiro atoms. The van der Waals surface area contributed by atoms with E-state index in [0.29, 0.717) is 6.61 Å². The van der Waals surface area contributed by atoms with Gasteiger partial charge in [0.2, 0.25) is 5.91 Å². The molecule has 0 saturated heterocycles. The Balaban J connectivity index is 4.02. The average molecular weight is 245 g/mol. The molecule has 0 heterocycles. The van der Waals surface area contributed by atoms with E-state index in [4.69, 9.17) is 14.6 Å². The molecule has 0 bridgehead atoms. The first-order valence-electron chi connectivity index (χ1n) is 5.41. The highest BCUT2D eigenvalue weighted by molar-refractivity contribution is 5.93. The lowest BCUT2D eigenvalue weighted by Crippen LogP contribution is -2.36. The molecular weight excluding hydrogens is 226 g/mol. The number of amides is 1. The molecule has 1 atom stereocenters. The average Bonchev–Trinajstić information content (AvgIpc) is 2.22. The van der Waals surface area contributed by atoms with Gasteiger partial charge in [0.05, 0.1) is 12.6 Å². The summed E-state index contributed by atoms with van der Waals surface area (Å²) in [6, 6.07) is 0. The van der Waals surface area contributed by atoms with Crippen LogP contribution in [-0.4, -0.2) is 42.5 Å². The van der Waals surface area contributed by atoms with Gasteiger partial charge in [-0.1, -0.05) is 0 Å². The van der Waals surface area contributed by atoms with Crippen LogP contribution in [0, 0.1) is 0 Å². The van der Waals surface area contributed by atoms with Crippen LogP contribution in [0.4, 0.5) is 0 Å². The minimum absolute atomic E-state index is 0.0157. The van der Waals surface area contributed by atoms with E-state index in [9.17, 15) is 9.59 Å². The fraction of sp³-hybridized carbons (Fsp3) is 0.636. The van der Waals surface area contributed by atoms with E-state index >= 15 is 0 Å². The molecule has 0 aliphatic heterocycles. The summed E-state index contributed by atoms with van der Waals surface area (Å²) in [7, 11) is 0. The Morgan fingerprint density at radius 2 is 2.00 bits per heavy atom. The van der Waals surface area contributed by atoms with Gasteiger partial charge in [-0.25, -0.2) is 4.79 Å². The number of hydrogen-bond acceptors (Lipinski definition) is 4. The maximum Gasteiger partial charge on any atom is 0.328 e. The van der Waals surface area contributed by atoms with Crippen molar-refractivity contribution in [2.75, 3.05) is 13.2 Å². The number of carboxylic acid groups (broad SMARTS) is 1. The molecular formula is C11H19NO5. The second-order valence-electron chi connectivity index (χ2n) is 3.49. The third kappa shape index (κ3) is 9.52. The predicted octanol–water partition coefficient (Wildman–Crippen LogP) is 0.531. The van der Waals surface area contributed by atoms with Crippen molar-refractivity contribution in [3.05, 3.63) is 12.2 Å². The van der Waals surface area contributed by atoms with Crippen molar-refractivity contribution < 1.29 is 24.2 Å². The topological polar surface area (TPSA) is 84.9 Å². The van der Waals surface area contributed by atoms with Crippen molar-refractivity contribution >= 4 is 11.9 Å². The third-order valence-corrected chi connectivity index (χ3v) is 1.60. The van der Waals surface area contributed by atoms with Crippen LogP contribution in [0.5, 0.6) is 0 Å². The van der Waals surface area contributed by atoms with Crippen molar-refractivity contribution in [2.24, 2.45) is 0 Å². The molecule has 1 amide bonds. The SMILES string of the molecule is CCOC(CNC(=O)/C=C\C(=O)O)OC(C)C. The van der Waals surface area contributed by atoms with Crippen LogP contribution in [0.1, 0.15) is 20.8 Å². The second-order valence-corrected chi connectivity index (χ2v) is 3.49. The fourth-order valence-electron chi connectivity index (χ4n) is 1.03. The number of carbonyl (C=O) groups is 2. The zero-order valence-corrected chi connectivity index (χ0v) is 10.3. The van der Waals surface area contributed by atoms with Gasteiger partial charge in [0.1, 0.15) is 0 Å². The van der Waals surface area contributed by atoms with Gasteiger partial charge in [-0.3, -0.25) is 4.79 Å². The molecule has 0 aromatic rings. The molecule has 0 rings (SSSR count). The molecule has 0 radical (unpaired) electrons. The molecule has 0 aromatic carbocycles. The van der Waals surface area contributed by atoms with Crippen molar-refractivity contribution in [1.82, 2.24) is 5.32 Å². The Bertz CT molecular complexity index is 275. The van der Waals surface area contributed by atoms with Crippen molar-refractivity contribution in [2.45, 2.75) is 33.2 Å². The van der Waals surface area contributed by atoms with Crippen LogP contribution in [0.15, 0.2) is 12.2 Å². The standard InChI is InChI=1S/C11H19NO5/c1-4-16-11(17-8(2)3)7-12-9(13)5-6-10(14)15/h5-6,8,11H,4,7H2,1-3H3,(H,12,13)(H,14,15)/b6-5-. The summed E-state index contributed by atoms with van der Waals surface area (Å²) in [5, 5.41) is 10.8. The highest BCUT2D eigenvalue weighted by Gasteiger charge is 2.11. The summed E-state index contributed by atoms with van der Waals surface area (Å²) < 4.78 is 10.6. The van der Waals surface area contributed by atoms with Gasteiger partial charge >= 0.3 is 5.97 Å². The van der Waals surface area contributed by atoms with E-state index in [1.165, 1.54) is 0 Å². The first kappa shape index (κ1) is 15.6. The summed E-state index contributed by atoms with van der Waals surface area (Å²) >= 11 is 0. The summed E-state index contributed by atoms with van der Waals surface area (Å²) in [4.78, 5) is 21.3. The monoisotopic (exact) mass is 245 g/mol. The summed E-state index contributed by atoms with van der Waals surface area (Å²) in [6.07, 6.45) is 1.18. The number of nitrogens with one attached hydrogen (secondary N) is 1. The first-order valence-corrected chi connectivity index (χ1v) is 5.41. The number of carboxylic acids is 1. The molecule has 17 heavy (non-hydrogen) atoms. The lowest BCUT2D eigenvalue weighted by atomic mass is 10.4. The van der Waals surface area contributed by atoms with Gasteiger partial charge in [-0.05, 0) is 20.8 Å². The Morgan fingerprint density at radius 3 is 2.47 bits per heavy atom. The Hall–Kier alpha value is -1.40. The lowest BCUT2D eigenvalue weighted by molar-refractivity contribution is -0.158. The minimum atomic E-state index is -1.17. The molecule has 2 N–H and O–H groups in total. The van der Waals surface area contributed by atoms with Crippen molar-refractivity contribution in [3.63, 3.8) is 0 Å². The molecule has 1 unspecified atom stereocenters. The molecule has 98 valence electrons. The highest BCUT2D eigenvalue weighted by atomic mass is 16.7. The third-order valence-electron chi connectivity index (χ3n) is 1.60. The second kappa shape index (κ2) is 8.72. The van der Waals surface area contributed by atoms with Gasteiger partial charge in [-0.15, -0.1) is 0 Å². The molecule has 0 saturated carbocycles. The minimum Gasteiger partial charge on any atom is -0.478 e. The van der Waals surface area contributed by atoms with E-state index in [1.807, 2.05) is 20.8 Å². The Morgan fingerprint density at radius 1 is 1.35 bits per heavy atom. The Kier molecular flexibility index (Phi) is 8.00. The summed E-state index contributed by atoms with van der Waals surface area (Å²) in [5.74, 6) is -1.66. The molecule has 0 aliphatic carbocycles. The predicted molar refractivity (Wildman–Crippen MR) is 61.4 cm³/mol. The number of rotatable bonds is 8. The van der Waals surface area contributed by atoms with E-state index in [2.05, 4.69) is 5.32 Å². The van der Waals surface area contributed by atoms with Crippen molar-refractivity contribution in [1.29, 1.82) is 0 Å². The van der Waals surface area contributed by atoms with Crippen LogP contribution in [-0.2, 0) is 19.1 Å². The molecule has 0 aromatic heterocycles. The first-order chi connectivity index (χ1) is 7.95. The normalized spacial score (nSPS) is 12.9. The Labute approximate surface area is 101 Å². The van der Waals surface area contributed by atoms with Crippen LogP contribution >= 0.6 is 0 Å². The van der Waals surface area contributed by atoms with Crippen LogP contribution in [0.2, 0.25) is 0 Å². The van der Waals surface area contributed by atoms with E-state index in [0.717, 1.165) is 12.2 Å². The molecule has 6 nitrogen and oxygen atoms in total. The van der Waals surface area contributed by atoms with E-state index in [-0.39, 0.29) is 12.6 Å². The zero-order valence-electron chi connectivity index (χ0n) is 10.3. The van der Waals surface area contributed by atoms with Gasteiger partial charge < -0.3 is 19.9 Å². The zero-order chi connectivity index (χ0) is 13.3. The molecule has 0 fully saturated rings. The maximum absolute atomic E-state index is 11.2. The molecule has 0 aliphatic rings. The van der Waals surface area contributed by atoms with Crippen LogP contribution < -0.4 is 5.32 Å². The summed E-state index contributed by atoms with van der Waals surface area (Å²) in [5.41, 5.74) is 0. The van der Waals surface area contributed by atoms with Crippen LogP contribution in [0.25, 0.3) is 0 Å². The maximum atomic E-state index is 11.2. The van der Waals surface area contributed by atoms with Crippen LogP contribution in [0.3, 0.4) is 0 Å².